The smallest absolute Gasteiger partial charge is 0.351 e. The van der Waals surface area contributed by atoms with Gasteiger partial charge in [0.1, 0.15) is 11.6 Å². The van der Waals surface area contributed by atoms with E-state index in [4.69, 9.17) is 0 Å². The summed E-state index contributed by atoms with van der Waals surface area (Å²) in [5.74, 6) is 1.69. The van der Waals surface area contributed by atoms with E-state index >= 15 is 0 Å². The van der Waals surface area contributed by atoms with E-state index in [1.54, 1.807) is 6.07 Å². The van der Waals surface area contributed by atoms with Gasteiger partial charge in [-0.1, -0.05) is 6.42 Å². The van der Waals surface area contributed by atoms with E-state index in [0.717, 1.165) is 37.6 Å². The molecule has 3 aromatic heterocycles. The van der Waals surface area contributed by atoms with Gasteiger partial charge in [-0.15, -0.1) is 10.2 Å². The Hall–Kier alpha value is -3.43. The number of carbonyl (C=O) groups is 1. The molecule has 0 spiro atoms. The zero-order chi connectivity index (χ0) is 23.4. The number of benzene rings is 1. The molecule has 2 N–H and O–H groups in total. The number of alkyl halides is 3. The highest BCUT2D eigenvalue weighted by molar-refractivity contribution is 5.99. The van der Waals surface area contributed by atoms with Crippen LogP contribution in [0.4, 0.5) is 13.2 Å². The quantitative estimate of drug-likeness (QED) is 0.428. The van der Waals surface area contributed by atoms with Gasteiger partial charge in [0.25, 0.3) is 5.91 Å². The summed E-state index contributed by atoms with van der Waals surface area (Å²) in [4.78, 5) is 20.4. The van der Waals surface area contributed by atoms with Crippen molar-refractivity contribution in [1.82, 2.24) is 29.9 Å². The first-order valence-corrected chi connectivity index (χ1v) is 11.6. The third-order valence-electron chi connectivity index (χ3n) is 6.83. The predicted molar refractivity (Wildman–Crippen MR) is 119 cm³/mol. The Kier molecular flexibility index (Phi) is 4.86. The molecule has 2 fully saturated rings. The molecule has 7 nitrogen and oxygen atoms in total. The van der Waals surface area contributed by atoms with E-state index in [9.17, 15) is 18.0 Å². The molecule has 1 aromatic carbocycles. The summed E-state index contributed by atoms with van der Waals surface area (Å²) in [6.07, 6.45) is 2.95. The zero-order valence-electron chi connectivity index (χ0n) is 18.3. The maximum absolute atomic E-state index is 13.3. The summed E-state index contributed by atoms with van der Waals surface area (Å²) in [6.45, 7) is 0.286. The van der Waals surface area contributed by atoms with E-state index in [-0.39, 0.29) is 18.4 Å². The number of aromatic nitrogens is 5. The molecule has 10 heteroatoms. The lowest BCUT2D eigenvalue weighted by molar-refractivity contribution is -0.137. The Labute approximate surface area is 192 Å². The average molecular weight is 468 g/mol. The first-order valence-electron chi connectivity index (χ1n) is 11.6. The number of nitrogens with one attached hydrogen (secondary N) is 2. The van der Waals surface area contributed by atoms with Crippen molar-refractivity contribution in [2.45, 2.75) is 56.5 Å². The van der Waals surface area contributed by atoms with E-state index in [1.165, 1.54) is 12.5 Å². The molecule has 1 amide bonds. The van der Waals surface area contributed by atoms with Crippen LogP contribution in [-0.4, -0.2) is 37.0 Å². The summed E-state index contributed by atoms with van der Waals surface area (Å²) in [7, 11) is 0. The van der Waals surface area contributed by atoms with Gasteiger partial charge >= 0.3 is 6.18 Å². The Bertz CT molecular complexity index is 1400. The molecule has 0 bridgehead atoms. The number of nitrogens with zero attached hydrogens (tertiary/aromatic N) is 4. The fraction of sp³-hybridized carbons (Fsp3) is 0.417. The molecule has 176 valence electrons. The number of H-pyrrole nitrogens is 1. The highest BCUT2D eigenvalue weighted by Gasteiger charge is 2.35. The second-order valence-electron chi connectivity index (χ2n) is 9.22. The largest absolute Gasteiger partial charge is 0.416 e. The van der Waals surface area contributed by atoms with Crippen LogP contribution < -0.4 is 5.32 Å². The lowest BCUT2D eigenvalue weighted by atomic mass is 9.85. The zero-order valence-corrected chi connectivity index (χ0v) is 18.3. The number of hydrogen-bond acceptors (Lipinski definition) is 4. The lowest BCUT2D eigenvalue weighted by Crippen LogP contribution is -2.26. The van der Waals surface area contributed by atoms with Crippen molar-refractivity contribution in [1.29, 1.82) is 0 Å². The molecule has 3 heterocycles. The van der Waals surface area contributed by atoms with Crippen molar-refractivity contribution < 1.29 is 18.0 Å². The molecule has 34 heavy (non-hydrogen) atoms. The van der Waals surface area contributed by atoms with Crippen molar-refractivity contribution in [3.05, 3.63) is 58.8 Å². The monoisotopic (exact) mass is 468 g/mol. The number of carbonyl (C=O) groups excluding carboxylic acids is 1. The van der Waals surface area contributed by atoms with E-state index in [2.05, 4.69) is 25.5 Å². The van der Waals surface area contributed by atoms with Crippen LogP contribution in [0.5, 0.6) is 0 Å². The van der Waals surface area contributed by atoms with Crippen LogP contribution in [0.1, 0.15) is 77.1 Å². The van der Waals surface area contributed by atoms with Crippen LogP contribution in [0.25, 0.3) is 16.7 Å². The van der Waals surface area contributed by atoms with Gasteiger partial charge in [0, 0.05) is 25.1 Å². The highest BCUT2D eigenvalue weighted by Crippen LogP contribution is 2.45. The molecule has 2 saturated carbocycles. The molecule has 0 unspecified atom stereocenters. The van der Waals surface area contributed by atoms with Gasteiger partial charge in [0.2, 0.25) is 0 Å². The molecule has 2 aliphatic rings. The molecule has 0 aliphatic heterocycles. The van der Waals surface area contributed by atoms with Gasteiger partial charge in [0.15, 0.2) is 5.65 Å². The van der Waals surface area contributed by atoms with E-state index in [1.807, 2.05) is 16.7 Å². The van der Waals surface area contributed by atoms with Gasteiger partial charge < -0.3 is 10.3 Å². The number of fused-ring (bicyclic) bond motifs is 2. The summed E-state index contributed by atoms with van der Waals surface area (Å²) in [6, 6.07) is 5.86. The summed E-state index contributed by atoms with van der Waals surface area (Å²) < 4.78 is 41.9. The van der Waals surface area contributed by atoms with Crippen LogP contribution in [0.15, 0.2) is 30.5 Å². The fourth-order valence-electron chi connectivity index (χ4n) is 4.63. The van der Waals surface area contributed by atoms with Crippen molar-refractivity contribution in [2.24, 2.45) is 0 Å². The first-order chi connectivity index (χ1) is 16.4. The molecular weight excluding hydrogens is 445 g/mol. The predicted octanol–water partition coefficient (Wildman–Crippen LogP) is 4.74. The van der Waals surface area contributed by atoms with Crippen LogP contribution in [0.2, 0.25) is 0 Å². The Morgan fingerprint density at radius 1 is 1.15 bits per heavy atom. The van der Waals surface area contributed by atoms with Crippen molar-refractivity contribution in [3.8, 4) is 0 Å². The van der Waals surface area contributed by atoms with Gasteiger partial charge in [-0.25, -0.2) is 4.98 Å². The highest BCUT2D eigenvalue weighted by atomic mass is 19.4. The summed E-state index contributed by atoms with van der Waals surface area (Å²) in [5, 5.41) is 11.4. The van der Waals surface area contributed by atoms with Crippen LogP contribution in [-0.2, 0) is 12.6 Å². The van der Waals surface area contributed by atoms with Crippen LogP contribution in [0.3, 0.4) is 0 Å². The Morgan fingerprint density at radius 2 is 1.97 bits per heavy atom. The molecule has 0 atom stereocenters. The number of amides is 1. The summed E-state index contributed by atoms with van der Waals surface area (Å²) in [5.41, 5.74) is 1.93. The molecular formula is C24H23F3N6O. The Morgan fingerprint density at radius 3 is 2.68 bits per heavy atom. The Balaban J connectivity index is 1.19. The average Bonchev–Trinajstić information content (AvgIpc) is 3.39. The van der Waals surface area contributed by atoms with Crippen molar-refractivity contribution in [3.63, 3.8) is 0 Å². The van der Waals surface area contributed by atoms with Crippen molar-refractivity contribution in [2.75, 3.05) is 6.54 Å². The third-order valence-corrected chi connectivity index (χ3v) is 6.83. The van der Waals surface area contributed by atoms with Gasteiger partial charge in [0.05, 0.1) is 22.2 Å². The second kappa shape index (κ2) is 7.82. The standard InChI is InChI=1S/C24H23F3N6O/c25-24(26,27)15-11-17(13-6-7-13)20-18(12-15)29-19(30-20)8-9-28-23(34)16-5-2-10-33-21(14-3-1-4-14)31-32-22(16)33/h2,5,10-14H,1,3-4,6-9H2,(H,28,34)(H,29,30). The summed E-state index contributed by atoms with van der Waals surface area (Å²) >= 11 is 0. The molecule has 4 aromatic rings. The molecule has 0 saturated heterocycles. The number of pyridine rings is 1. The van der Waals surface area contributed by atoms with Gasteiger partial charge in [-0.3, -0.25) is 9.20 Å². The molecule has 6 rings (SSSR count). The maximum atomic E-state index is 13.3. The van der Waals surface area contributed by atoms with Crippen LogP contribution >= 0.6 is 0 Å². The first kappa shape index (κ1) is 21.1. The van der Waals surface area contributed by atoms with Gasteiger partial charge in [-0.05, 0) is 61.4 Å². The SMILES string of the molecule is O=C(NCCc1nc2c(C3CC3)cc(C(F)(F)F)cc2[nH]1)c1cccn2c(C3CCC3)nnc12. The minimum atomic E-state index is -4.40. The van der Waals surface area contributed by atoms with Gasteiger partial charge in [-0.2, -0.15) is 13.2 Å². The van der Waals surface area contributed by atoms with Crippen LogP contribution in [0, 0.1) is 0 Å². The lowest BCUT2D eigenvalue weighted by Gasteiger charge is -2.23. The number of hydrogen-bond donors (Lipinski definition) is 2. The fourth-order valence-corrected chi connectivity index (χ4v) is 4.63. The van der Waals surface area contributed by atoms with E-state index < -0.39 is 11.7 Å². The number of halogens is 3. The van der Waals surface area contributed by atoms with E-state index in [0.29, 0.717) is 46.0 Å². The second-order valence-corrected chi connectivity index (χ2v) is 9.22. The molecule has 0 radical (unpaired) electrons. The third kappa shape index (κ3) is 3.70. The minimum Gasteiger partial charge on any atom is -0.351 e. The number of rotatable bonds is 6. The number of aromatic amines is 1. The number of imidazole rings is 1. The normalized spacial score (nSPS) is 16.8. The topological polar surface area (TPSA) is 88.0 Å². The maximum Gasteiger partial charge on any atom is 0.416 e. The molecule has 2 aliphatic carbocycles. The minimum absolute atomic E-state index is 0.133. The van der Waals surface area contributed by atoms with Crippen molar-refractivity contribution >= 4 is 22.6 Å².